The minimum absolute atomic E-state index is 0.0356. The summed E-state index contributed by atoms with van der Waals surface area (Å²) in [6, 6.07) is 6.95. The topological polar surface area (TPSA) is 95.1 Å². The fraction of sp³-hybridized carbons (Fsp3) is 0.571. The first-order chi connectivity index (χ1) is 18.4. The summed E-state index contributed by atoms with van der Waals surface area (Å²) < 4.78 is 5.59. The third kappa shape index (κ3) is 4.74. The Hall–Kier alpha value is -2.82. The Morgan fingerprint density at radius 3 is 2.53 bits per heavy atom. The number of likely N-dealkylation sites (tertiary alicyclic amines) is 1. The van der Waals surface area contributed by atoms with Gasteiger partial charge in [0.1, 0.15) is 18.2 Å². The maximum absolute atomic E-state index is 13.9. The summed E-state index contributed by atoms with van der Waals surface area (Å²) in [4.78, 5) is 50.9. The Kier molecular flexibility index (Phi) is 6.96. The molecule has 4 heterocycles. The second-order valence-electron chi connectivity index (χ2n) is 11.0. The Bertz CT molecular complexity index is 1200. The summed E-state index contributed by atoms with van der Waals surface area (Å²) in [5.41, 5.74) is 1.41. The fourth-order valence-electron chi connectivity index (χ4n) is 6.27. The molecule has 3 aliphatic heterocycles. The number of amides is 2. The number of ketones is 1. The van der Waals surface area contributed by atoms with Gasteiger partial charge in [0.15, 0.2) is 10.9 Å². The zero-order valence-corrected chi connectivity index (χ0v) is 22.7. The van der Waals surface area contributed by atoms with Gasteiger partial charge in [0.05, 0.1) is 11.8 Å². The van der Waals surface area contributed by atoms with E-state index < -0.39 is 11.6 Å². The SMILES string of the molecule is CN1CCN(c2nc(-c3ccc(C(=O)NC4(C(=O)N5CC[C@H]6OCC(=O)[C@H]65)CCCCC4)cc3)cs2)CC1. The molecular weight excluding hydrogens is 502 g/mol. The number of nitrogens with zero attached hydrogens (tertiary/aromatic N) is 4. The van der Waals surface area contributed by atoms with Crippen LogP contribution in [-0.2, 0) is 14.3 Å². The van der Waals surface area contributed by atoms with Crippen LogP contribution in [0.15, 0.2) is 29.6 Å². The number of hydrogen-bond donors (Lipinski definition) is 1. The summed E-state index contributed by atoms with van der Waals surface area (Å²) in [5, 5.41) is 6.22. The van der Waals surface area contributed by atoms with Gasteiger partial charge in [-0.05, 0) is 38.4 Å². The second-order valence-corrected chi connectivity index (χ2v) is 11.9. The van der Waals surface area contributed by atoms with Crippen molar-refractivity contribution in [3.63, 3.8) is 0 Å². The van der Waals surface area contributed by atoms with Crippen LogP contribution in [0.4, 0.5) is 5.13 Å². The van der Waals surface area contributed by atoms with Gasteiger partial charge in [0.2, 0.25) is 5.91 Å². The largest absolute Gasteiger partial charge is 0.368 e. The van der Waals surface area contributed by atoms with Gasteiger partial charge in [-0.25, -0.2) is 4.98 Å². The lowest BCUT2D eigenvalue weighted by molar-refractivity contribution is -0.143. The molecule has 10 heteroatoms. The number of piperazine rings is 1. The van der Waals surface area contributed by atoms with Crippen LogP contribution in [0.2, 0.25) is 0 Å². The lowest BCUT2D eigenvalue weighted by Gasteiger charge is -2.40. The Balaban J connectivity index is 1.16. The van der Waals surface area contributed by atoms with E-state index in [0.29, 0.717) is 31.4 Å². The molecule has 2 atom stereocenters. The average molecular weight is 538 g/mol. The maximum Gasteiger partial charge on any atom is 0.252 e. The zero-order valence-electron chi connectivity index (χ0n) is 21.9. The number of carbonyl (C=O) groups is 3. The van der Waals surface area contributed by atoms with Crippen molar-refractivity contribution in [3.8, 4) is 11.3 Å². The van der Waals surface area contributed by atoms with E-state index in [4.69, 9.17) is 9.72 Å². The summed E-state index contributed by atoms with van der Waals surface area (Å²) in [6.07, 6.45) is 4.42. The van der Waals surface area contributed by atoms with Gasteiger partial charge in [-0.2, -0.15) is 0 Å². The number of thiazole rings is 1. The molecule has 3 saturated heterocycles. The van der Waals surface area contributed by atoms with E-state index in [1.807, 2.05) is 12.1 Å². The molecule has 1 aliphatic carbocycles. The summed E-state index contributed by atoms with van der Waals surface area (Å²) in [7, 11) is 2.14. The lowest BCUT2D eigenvalue weighted by atomic mass is 9.80. The molecule has 6 rings (SSSR count). The number of benzene rings is 1. The zero-order chi connectivity index (χ0) is 26.3. The number of rotatable bonds is 5. The Labute approximate surface area is 227 Å². The summed E-state index contributed by atoms with van der Waals surface area (Å²) in [5.74, 6) is -0.424. The Morgan fingerprint density at radius 2 is 1.79 bits per heavy atom. The summed E-state index contributed by atoms with van der Waals surface area (Å²) in [6.45, 7) is 4.58. The van der Waals surface area contributed by atoms with Crippen LogP contribution in [0.25, 0.3) is 11.3 Å². The number of fused-ring (bicyclic) bond motifs is 1. The molecule has 0 unspecified atom stereocenters. The number of anilines is 1. The molecule has 0 bridgehead atoms. The Morgan fingerprint density at radius 1 is 1.05 bits per heavy atom. The van der Waals surface area contributed by atoms with Crippen molar-refractivity contribution in [2.75, 3.05) is 51.3 Å². The van der Waals surface area contributed by atoms with Crippen molar-refractivity contribution < 1.29 is 19.1 Å². The van der Waals surface area contributed by atoms with E-state index >= 15 is 0 Å². The van der Waals surface area contributed by atoms with Crippen molar-refractivity contribution in [2.24, 2.45) is 0 Å². The van der Waals surface area contributed by atoms with Gasteiger partial charge in [-0.15, -0.1) is 11.3 Å². The molecule has 0 spiro atoms. The normalized spacial score (nSPS) is 25.4. The smallest absolute Gasteiger partial charge is 0.252 e. The van der Waals surface area contributed by atoms with Gasteiger partial charge in [0, 0.05) is 49.2 Å². The summed E-state index contributed by atoms with van der Waals surface area (Å²) >= 11 is 1.65. The molecule has 2 aromatic rings. The van der Waals surface area contributed by atoms with Crippen LogP contribution < -0.4 is 10.2 Å². The van der Waals surface area contributed by atoms with E-state index in [1.54, 1.807) is 28.4 Å². The van der Waals surface area contributed by atoms with Crippen molar-refractivity contribution >= 4 is 34.1 Å². The van der Waals surface area contributed by atoms with E-state index in [2.05, 4.69) is 27.5 Å². The van der Waals surface area contributed by atoms with Crippen LogP contribution in [-0.4, -0.2) is 96.4 Å². The third-order valence-corrected chi connectivity index (χ3v) is 9.45. The number of carbonyl (C=O) groups excluding carboxylic acids is 3. The molecule has 1 aromatic heterocycles. The quantitative estimate of drug-likeness (QED) is 0.627. The highest BCUT2D eigenvalue weighted by Gasteiger charge is 2.52. The van der Waals surface area contributed by atoms with Crippen molar-refractivity contribution in [3.05, 3.63) is 35.2 Å². The molecular formula is C28H35N5O4S. The van der Waals surface area contributed by atoms with E-state index in [0.717, 1.165) is 61.8 Å². The number of aromatic nitrogens is 1. The third-order valence-electron chi connectivity index (χ3n) is 8.55. The number of likely N-dealkylation sites (N-methyl/N-ethyl adjacent to an activating group) is 1. The predicted octanol–water partition coefficient (Wildman–Crippen LogP) is 2.56. The fourth-order valence-corrected chi connectivity index (χ4v) is 7.15. The van der Waals surface area contributed by atoms with Crippen LogP contribution >= 0.6 is 11.3 Å². The van der Waals surface area contributed by atoms with Crippen molar-refractivity contribution in [2.45, 2.75) is 56.2 Å². The van der Waals surface area contributed by atoms with E-state index in [-0.39, 0.29) is 30.3 Å². The standard InChI is InChI=1S/C28H35N5O4S/c1-31-13-15-32(16-14-31)27-29-21(18-38-27)19-5-7-20(8-6-19)25(35)30-28(10-3-2-4-11-28)26(36)33-12-9-23-24(33)22(34)17-37-23/h5-8,18,23-24H,2-4,9-17H2,1H3,(H,30,35)/t23-,24-/m1/s1. The van der Waals surface area contributed by atoms with E-state index in [1.165, 1.54) is 0 Å². The number of hydrogen-bond acceptors (Lipinski definition) is 8. The van der Waals surface area contributed by atoms with Gasteiger partial charge in [0.25, 0.3) is 5.91 Å². The van der Waals surface area contributed by atoms with Crippen LogP contribution in [0.3, 0.4) is 0 Å². The highest BCUT2D eigenvalue weighted by Crippen LogP contribution is 2.35. The molecule has 9 nitrogen and oxygen atoms in total. The van der Waals surface area contributed by atoms with E-state index in [9.17, 15) is 14.4 Å². The lowest BCUT2D eigenvalue weighted by Crippen LogP contribution is -2.62. The molecule has 0 radical (unpaired) electrons. The minimum atomic E-state index is -0.974. The molecule has 4 aliphatic rings. The van der Waals surface area contributed by atoms with Crippen LogP contribution in [0.1, 0.15) is 48.9 Å². The number of nitrogens with one attached hydrogen (secondary N) is 1. The molecule has 38 heavy (non-hydrogen) atoms. The maximum atomic E-state index is 13.9. The molecule has 1 saturated carbocycles. The minimum Gasteiger partial charge on any atom is -0.368 e. The predicted molar refractivity (Wildman–Crippen MR) is 145 cm³/mol. The molecule has 2 amide bonds. The van der Waals surface area contributed by atoms with Crippen molar-refractivity contribution in [1.82, 2.24) is 20.1 Å². The van der Waals surface area contributed by atoms with Crippen molar-refractivity contribution in [1.29, 1.82) is 0 Å². The van der Waals surface area contributed by atoms with Gasteiger partial charge < -0.3 is 24.8 Å². The van der Waals surface area contributed by atoms with Crippen LogP contribution in [0, 0.1) is 0 Å². The second kappa shape index (κ2) is 10.4. The molecule has 202 valence electrons. The first-order valence-corrected chi connectivity index (χ1v) is 14.6. The highest BCUT2D eigenvalue weighted by molar-refractivity contribution is 7.14. The van der Waals surface area contributed by atoms with Gasteiger partial charge in [-0.1, -0.05) is 31.4 Å². The first-order valence-electron chi connectivity index (χ1n) is 13.7. The van der Waals surface area contributed by atoms with Gasteiger partial charge >= 0.3 is 0 Å². The molecule has 1 N–H and O–H groups in total. The van der Waals surface area contributed by atoms with Gasteiger partial charge in [-0.3, -0.25) is 14.4 Å². The molecule has 1 aromatic carbocycles. The monoisotopic (exact) mass is 537 g/mol. The highest BCUT2D eigenvalue weighted by atomic mass is 32.1. The van der Waals surface area contributed by atoms with Crippen LogP contribution in [0.5, 0.6) is 0 Å². The number of ether oxygens (including phenoxy) is 1. The first kappa shape index (κ1) is 25.5. The number of Topliss-reactive ketones (excluding diaryl/α,β-unsaturated/α-hetero) is 1. The average Bonchev–Trinajstić information content (AvgIpc) is 3.68. The molecule has 4 fully saturated rings.